The molecule has 0 fully saturated rings. The van der Waals surface area contributed by atoms with E-state index in [1.807, 2.05) is 6.07 Å². The Morgan fingerprint density at radius 3 is 2.79 bits per heavy atom. The van der Waals surface area contributed by atoms with Gasteiger partial charge in [0.1, 0.15) is 5.75 Å². The number of aromatic amines is 1. The van der Waals surface area contributed by atoms with E-state index in [1.54, 1.807) is 37.4 Å². The Balaban J connectivity index is 1.81. The molecule has 1 amide bonds. The molecule has 2 aromatic heterocycles. The van der Waals surface area contributed by atoms with Gasteiger partial charge < -0.3 is 9.72 Å². The maximum atomic E-state index is 12.1. The van der Waals surface area contributed by atoms with Crippen LogP contribution in [0.1, 0.15) is 15.9 Å². The van der Waals surface area contributed by atoms with Crippen molar-refractivity contribution in [1.82, 2.24) is 15.4 Å². The number of aromatic nitrogens is 2. The van der Waals surface area contributed by atoms with E-state index in [0.717, 1.165) is 5.39 Å². The molecule has 7 nitrogen and oxygen atoms in total. The van der Waals surface area contributed by atoms with Crippen LogP contribution in [-0.2, 0) is 0 Å². The van der Waals surface area contributed by atoms with Crippen molar-refractivity contribution in [2.75, 3.05) is 7.11 Å². The van der Waals surface area contributed by atoms with Crippen LogP contribution >= 0.6 is 0 Å². The lowest BCUT2D eigenvalue weighted by atomic mass is 10.1. The number of carbonyl (C=O) groups is 1. The fourth-order valence-electron chi connectivity index (χ4n) is 2.15. The summed E-state index contributed by atoms with van der Waals surface area (Å²) in [4.78, 5) is 30.5. The molecular weight excluding hydrogens is 308 g/mol. The molecule has 0 bridgehead atoms. The smallest absolute Gasteiger partial charge is 0.271 e. The van der Waals surface area contributed by atoms with E-state index in [-0.39, 0.29) is 11.5 Å². The number of H-pyrrole nitrogens is 1. The topological polar surface area (TPSA) is 96.4 Å². The van der Waals surface area contributed by atoms with Gasteiger partial charge in [0.2, 0.25) is 0 Å². The third kappa shape index (κ3) is 3.30. The quantitative estimate of drug-likeness (QED) is 0.564. The molecule has 0 saturated heterocycles. The third-order valence-corrected chi connectivity index (χ3v) is 3.39. The summed E-state index contributed by atoms with van der Waals surface area (Å²) in [5.74, 6) is 0.278. The lowest BCUT2D eigenvalue weighted by molar-refractivity contribution is 0.0955. The zero-order chi connectivity index (χ0) is 16.9. The molecule has 24 heavy (non-hydrogen) atoms. The highest BCUT2D eigenvalue weighted by Gasteiger charge is 2.04. The van der Waals surface area contributed by atoms with E-state index >= 15 is 0 Å². The number of hydrazone groups is 1. The van der Waals surface area contributed by atoms with Crippen molar-refractivity contribution in [3.8, 4) is 5.75 Å². The molecule has 0 unspecified atom stereocenters. The van der Waals surface area contributed by atoms with Crippen molar-refractivity contribution in [3.05, 3.63) is 70.3 Å². The average molecular weight is 322 g/mol. The van der Waals surface area contributed by atoms with Crippen molar-refractivity contribution >= 4 is 23.0 Å². The van der Waals surface area contributed by atoms with Gasteiger partial charge in [0.05, 0.1) is 24.4 Å². The number of benzene rings is 1. The van der Waals surface area contributed by atoms with Crippen LogP contribution in [0, 0.1) is 0 Å². The molecule has 120 valence electrons. The van der Waals surface area contributed by atoms with Crippen molar-refractivity contribution in [3.63, 3.8) is 0 Å². The van der Waals surface area contributed by atoms with E-state index in [9.17, 15) is 9.59 Å². The number of nitrogens with zero attached hydrogens (tertiary/aromatic N) is 2. The van der Waals surface area contributed by atoms with Crippen LogP contribution in [0.4, 0.5) is 0 Å². The number of ether oxygens (including phenoxy) is 1. The van der Waals surface area contributed by atoms with E-state index < -0.39 is 0 Å². The molecule has 0 radical (unpaired) electrons. The minimum Gasteiger partial charge on any atom is -0.497 e. The molecule has 2 N–H and O–H groups in total. The lowest BCUT2D eigenvalue weighted by Crippen LogP contribution is -2.19. The first-order valence-corrected chi connectivity index (χ1v) is 7.12. The molecule has 0 saturated carbocycles. The number of carbonyl (C=O) groups excluding carboxylic acids is 1. The molecule has 1 aromatic carbocycles. The van der Waals surface area contributed by atoms with Crippen molar-refractivity contribution in [2.45, 2.75) is 0 Å². The second-order valence-electron chi connectivity index (χ2n) is 4.94. The Morgan fingerprint density at radius 1 is 1.25 bits per heavy atom. The first-order chi connectivity index (χ1) is 11.7. The molecular formula is C17H14N4O3. The predicted octanol–water partition coefficient (Wildman–Crippen LogP) is 1.70. The monoisotopic (exact) mass is 322 g/mol. The number of hydrogen-bond acceptors (Lipinski definition) is 5. The summed E-state index contributed by atoms with van der Waals surface area (Å²) in [7, 11) is 1.56. The summed E-state index contributed by atoms with van der Waals surface area (Å²) in [5.41, 5.74) is 3.50. The molecule has 2 heterocycles. The van der Waals surface area contributed by atoms with Gasteiger partial charge in [-0.25, -0.2) is 5.43 Å². The first-order valence-electron chi connectivity index (χ1n) is 7.12. The second-order valence-corrected chi connectivity index (χ2v) is 4.94. The van der Waals surface area contributed by atoms with Gasteiger partial charge in [-0.1, -0.05) is 0 Å². The number of rotatable bonds is 4. The van der Waals surface area contributed by atoms with Crippen LogP contribution in [-0.4, -0.2) is 29.2 Å². The Morgan fingerprint density at radius 2 is 2.04 bits per heavy atom. The molecule has 0 aliphatic carbocycles. The number of pyridine rings is 2. The minimum atomic E-state index is -0.379. The minimum absolute atomic E-state index is 0.308. The number of hydrogen-bond donors (Lipinski definition) is 2. The van der Waals surface area contributed by atoms with Gasteiger partial charge in [0.15, 0.2) is 0 Å². The zero-order valence-corrected chi connectivity index (χ0v) is 12.8. The van der Waals surface area contributed by atoms with Gasteiger partial charge in [0.25, 0.3) is 11.5 Å². The highest BCUT2D eigenvalue weighted by Crippen LogP contribution is 2.18. The van der Waals surface area contributed by atoms with E-state index in [4.69, 9.17) is 4.74 Å². The maximum absolute atomic E-state index is 12.1. The van der Waals surface area contributed by atoms with Gasteiger partial charge >= 0.3 is 0 Å². The largest absolute Gasteiger partial charge is 0.497 e. The number of methoxy groups -OCH3 is 1. The van der Waals surface area contributed by atoms with Crippen LogP contribution in [0.15, 0.2) is 58.7 Å². The Labute approximate surface area is 137 Å². The molecule has 3 rings (SSSR count). The Kier molecular flexibility index (Phi) is 4.33. The first kappa shape index (κ1) is 15.4. The molecule has 0 aliphatic heterocycles. The van der Waals surface area contributed by atoms with Crippen LogP contribution in [0.2, 0.25) is 0 Å². The standard InChI is InChI=1S/C17H14N4O3/c1-24-14-3-2-12-8-13(16(22)20-15(12)9-14)10-19-21-17(23)11-4-6-18-7-5-11/h2-10H,1H3,(H,20,22)(H,21,23)/b19-10+. The summed E-state index contributed by atoms with van der Waals surface area (Å²) < 4.78 is 5.13. The SMILES string of the molecule is COc1ccc2cc(/C=N/NC(=O)c3ccncc3)c(=O)[nH]c2c1. The van der Waals surface area contributed by atoms with Gasteiger partial charge in [-0.05, 0) is 35.7 Å². The summed E-state index contributed by atoms with van der Waals surface area (Å²) in [6.07, 6.45) is 4.34. The van der Waals surface area contributed by atoms with Gasteiger partial charge in [-0.3, -0.25) is 14.6 Å². The lowest BCUT2D eigenvalue weighted by Gasteiger charge is -2.03. The van der Waals surface area contributed by atoms with E-state index in [0.29, 0.717) is 22.4 Å². The van der Waals surface area contributed by atoms with Crippen molar-refractivity contribution < 1.29 is 9.53 Å². The van der Waals surface area contributed by atoms with Gasteiger partial charge in [-0.15, -0.1) is 0 Å². The van der Waals surface area contributed by atoms with E-state index in [2.05, 4.69) is 20.5 Å². The fourth-order valence-corrected chi connectivity index (χ4v) is 2.15. The summed E-state index contributed by atoms with van der Waals surface area (Å²) in [6, 6.07) is 10.2. The number of nitrogens with one attached hydrogen (secondary N) is 2. The van der Waals surface area contributed by atoms with Crippen LogP contribution in [0.3, 0.4) is 0 Å². The number of amides is 1. The zero-order valence-electron chi connectivity index (χ0n) is 12.8. The van der Waals surface area contributed by atoms with Crippen molar-refractivity contribution in [1.29, 1.82) is 0 Å². The Bertz CT molecular complexity index is 964. The predicted molar refractivity (Wildman–Crippen MR) is 90.4 cm³/mol. The van der Waals surface area contributed by atoms with Crippen molar-refractivity contribution in [2.24, 2.45) is 5.10 Å². The molecule has 0 aliphatic rings. The molecule has 0 spiro atoms. The normalized spacial score (nSPS) is 10.9. The van der Waals surface area contributed by atoms with Crippen LogP contribution in [0.5, 0.6) is 5.75 Å². The maximum Gasteiger partial charge on any atom is 0.271 e. The summed E-state index contributed by atoms with van der Waals surface area (Å²) >= 11 is 0. The van der Waals surface area contributed by atoms with E-state index in [1.165, 1.54) is 18.6 Å². The molecule has 3 aromatic rings. The summed E-state index contributed by atoms with van der Waals surface area (Å²) in [6.45, 7) is 0. The van der Waals surface area contributed by atoms with Gasteiger partial charge in [-0.2, -0.15) is 5.10 Å². The molecule has 7 heteroatoms. The van der Waals surface area contributed by atoms with Gasteiger partial charge in [0, 0.05) is 24.0 Å². The Hall–Kier alpha value is -3.48. The third-order valence-electron chi connectivity index (χ3n) is 3.39. The van der Waals surface area contributed by atoms with Crippen LogP contribution in [0.25, 0.3) is 10.9 Å². The highest BCUT2D eigenvalue weighted by molar-refractivity contribution is 5.95. The summed E-state index contributed by atoms with van der Waals surface area (Å²) in [5, 5.41) is 4.66. The highest BCUT2D eigenvalue weighted by atomic mass is 16.5. The average Bonchev–Trinajstić information content (AvgIpc) is 2.62. The van der Waals surface area contributed by atoms with Crippen LogP contribution < -0.4 is 15.7 Å². The fraction of sp³-hybridized carbons (Fsp3) is 0.0588. The number of fused-ring (bicyclic) bond motifs is 1. The molecule has 0 atom stereocenters. The second kappa shape index (κ2) is 6.74.